The van der Waals surface area contributed by atoms with Crippen LogP contribution in [0.25, 0.3) is 0 Å². The molecule has 3 rings (SSSR count). The first-order chi connectivity index (χ1) is 6.85. The van der Waals surface area contributed by atoms with Crippen LogP contribution in [-0.4, -0.2) is 46.7 Å². The Morgan fingerprint density at radius 2 is 1.43 bits per heavy atom. The molecule has 3 saturated heterocycles. The maximum Gasteiger partial charge on any atom is 0.0795 e. The first-order valence-electron chi connectivity index (χ1n) is 4.87. The van der Waals surface area contributed by atoms with Crippen molar-refractivity contribution in [2.24, 2.45) is 0 Å². The lowest BCUT2D eigenvalue weighted by atomic mass is 10.3. The minimum Gasteiger partial charge on any atom is -0.284 e. The zero-order valence-electron chi connectivity index (χ0n) is 8.26. The molecule has 4 heteroatoms. The molecule has 0 aromatic carbocycles. The summed E-state index contributed by atoms with van der Waals surface area (Å²) in [6.45, 7) is 12.0. The Morgan fingerprint density at radius 1 is 1.00 bits per heavy atom. The van der Waals surface area contributed by atoms with Crippen molar-refractivity contribution in [2.75, 3.05) is 26.2 Å². The van der Waals surface area contributed by atoms with Crippen LogP contribution in [0.2, 0.25) is 0 Å². The highest BCUT2D eigenvalue weighted by Gasteiger charge is 2.39. The van der Waals surface area contributed by atoms with Gasteiger partial charge in [0, 0.05) is 26.2 Å². The molecule has 14 heavy (non-hydrogen) atoms. The van der Waals surface area contributed by atoms with Crippen molar-refractivity contribution in [2.45, 2.75) is 10.7 Å². The van der Waals surface area contributed by atoms with E-state index >= 15 is 0 Å². The Labute approximate surface area is 93.8 Å². The number of hydrogen-bond donors (Lipinski definition) is 0. The molecule has 78 valence electrons. The Balaban J connectivity index is 1.97. The molecular formula is C10H16N2S2. The van der Waals surface area contributed by atoms with Crippen molar-refractivity contribution in [3.05, 3.63) is 25.3 Å². The molecule has 3 aliphatic heterocycles. The van der Waals surface area contributed by atoms with Gasteiger partial charge < -0.3 is 0 Å². The molecule has 0 aliphatic carbocycles. The highest BCUT2D eigenvalue weighted by Crippen LogP contribution is 2.44. The van der Waals surface area contributed by atoms with Crippen molar-refractivity contribution < 1.29 is 0 Å². The standard InChI is InChI=1S/C10H16N2S2/c1-3-5-11-7-10-12(6-4-2)8-9(11)13-14-10/h3-4,9-10H,1-2,5-8H2. The van der Waals surface area contributed by atoms with Gasteiger partial charge in [0.25, 0.3) is 0 Å². The quantitative estimate of drug-likeness (QED) is 0.536. The Bertz CT molecular complexity index is 208. The SMILES string of the molecule is C=CCN1CC2SSC1CN2CC=C. The first-order valence-corrected chi connectivity index (χ1v) is 7.15. The van der Waals surface area contributed by atoms with Crippen LogP contribution in [0, 0.1) is 0 Å². The van der Waals surface area contributed by atoms with Crippen LogP contribution >= 0.6 is 21.6 Å². The summed E-state index contributed by atoms with van der Waals surface area (Å²) in [6, 6.07) is 0. The molecule has 0 N–H and O–H groups in total. The molecule has 0 amide bonds. The summed E-state index contributed by atoms with van der Waals surface area (Å²) in [6.07, 6.45) is 4.01. The molecule has 2 bridgehead atoms. The fourth-order valence-corrected chi connectivity index (χ4v) is 5.11. The maximum atomic E-state index is 3.81. The average molecular weight is 228 g/mol. The highest BCUT2D eigenvalue weighted by molar-refractivity contribution is 8.77. The zero-order chi connectivity index (χ0) is 9.97. The van der Waals surface area contributed by atoms with Gasteiger partial charge >= 0.3 is 0 Å². The van der Waals surface area contributed by atoms with Crippen molar-refractivity contribution in [3.63, 3.8) is 0 Å². The molecular weight excluding hydrogens is 212 g/mol. The van der Waals surface area contributed by atoms with Gasteiger partial charge in [0.1, 0.15) is 0 Å². The second kappa shape index (κ2) is 4.75. The van der Waals surface area contributed by atoms with Crippen LogP contribution in [0.5, 0.6) is 0 Å². The molecule has 0 aromatic rings. The van der Waals surface area contributed by atoms with E-state index in [0.29, 0.717) is 10.7 Å². The second-order valence-corrected chi connectivity index (χ2v) is 6.21. The van der Waals surface area contributed by atoms with E-state index in [1.165, 1.54) is 13.1 Å². The van der Waals surface area contributed by atoms with Crippen LogP contribution in [0.15, 0.2) is 25.3 Å². The topological polar surface area (TPSA) is 6.48 Å². The van der Waals surface area contributed by atoms with Gasteiger partial charge in [-0.2, -0.15) is 0 Å². The molecule has 0 saturated carbocycles. The van der Waals surface area contributed by atoms with Gasteiger partial charge in [-0.15, -0.1) is 13.2 Å². The second-order valence-electron chi connectivity index (χ2n) is 3.59. The van der Waals surface area contributed by atoms with E-state index in [1.807, 2.05) is 33.7 Å². The van der Waals surface area contributed by atoms with Crippen LogP contribution in [0.3, 0.4) is 0 Å². The fraction of sp³-hybridized carbons (Fsp3) is 0.600. The molecule has 0 radical (unpaired) electrons. The van der Waals surface area contributed by atoms with Crippen LogP contribution in [-0.2, 0) is 0 Å². The minimum atomic E-state index is 0.642. The van der Waals surface area contributed by atoms with E-state index in [9.17, 15) is 0 Å². The van der Waals surface area contributed by atoms with Crippen molar-refractivity contribution in [3.8, 4) is 0 Å². The van der Waals surface area contributed by atoms with Gasteiger partial charge in [0.2, 0.25) is 0 Å². The van der Waals surface area contributed by atoms with Gasteiger partial charge in [0.05, 0.1) is 10.7 Å². The molecule has 2 unspecified atom stereocenters. The third kappa shape index (κ3) is 2.03. The van der Waals surface area contributed by atoms with Gasteiger partial charge in [-0.05, 0) is 0 Å². The van der Waals surface area contributed by atoms with Crippen LogP contribution < -0.4 is 0 Å². The summed E-state index contributed by atoms with van der Waals surface area (Å²) in [5.41, 5.74) is 0. The lowest BCUT2D eigenvalue weighted by Crippen LogP contribution is -2.58. The van der Waals surface area contributed by atoms with Gasteiger partial charge in [-0.3, -0.25) is 9.80 Å². The molecule has 0 spiro atoms. The summed E-state index contributed by atoms with van der Waals surface area (Å²) in [4.78, 5) is 5.02. The molecule has 3 aliphatic rings. The Morgan fingerprint density at radius 3 is 1.71 bits per heavy atom. The molecule has 2 nitrogen and oxygen atoms in total. The number of nitrogens with zero attached hydrogens (tertiary/aromatic N) is 2. The number of rotatable bonds is 4. The van der Waals surface area contributed by atoms with E-state index in [4.69, 9.17) is 0 Å². The Kier molecular flexibility index (Phi) is 3.60. The molecule has 3 heterocycles. The normalized spacial score (nSPS) is 33.1. The Hall–Kier alpha value is 0.100. The lowest BCUT2D eigenvalue weighted by Gasteiger charge is -2.49. The zero-order valence-corrected chi connectivity index (χ0v) is 9.90. The summed E-state index contributed by atoms with van der Waals surface area (Å²) < 4.78 is 0. The van der Waals surface area contributed by atoms with Crippen LogP contribution in [0.1, 0.15) is 0 Å². The monoisotopic (exact) mass is 228 g/mol. The third-order valence-corrected chi connectivity index (χ3v) is 5.72. The summed E-state index contributed by atoms with van der Waals surface area (Å²) in [5, 5.41) is 1.28. The number of piperazine rings is 1. The highest BCUT2D eigenvalue weighted by atomic mass is 33.1. The molecule has 0 aromatic heterocycles. The molecule has 3 fully saturated rings. The van der Waals surface area contributed by atoms with Gasteiger partial charge in [0.15, 0.2) is 0 Å². The number of hydrogen-bond acceptors (Lipinski definition) is 4. The van der Waals surface area contributed by atoms with Gasteiger partial charge in [-0.1, -0.05) is 33.7 Å². The summed E-state index contributed by atoms with van der Waals surface area (Å²) >= 11 is 0. The predicted octanol–water partition coefficient (Wildman–Crippen LogP) is 2.02. The van der Waals surface area contributed by atoms with Crippen molar-refractivity contribution in [1.82, 2.24) is 9.80 Å². The van der Waals surface area contributed by atoms with Crippen molar-refractivity contribution >= 4 is 21.6 Å². The van der Waals surface area contributed by atoms with E-state index < -0.39 is 0 Å². The predicted molar refractivity (Wildman–Crippen MR) is 66.3 cm³/mol. The minimum absolute atomic E-state index is 0.642. The van der Waals surface area contributed by atoms with E-state index in [1.54, 1.807) is 0 Å². The van der Waals surface area contributed by atoms with E-state index in [0.717, 1.165) is 13.1 Å². The third-order valence-electron chi connectivity index (χ3n) is 2.60. The largest absolute Gasteiger partial charge is 0.284 e. The van der Waals surface area contributed by atoms with Crippen LogP contribution in [0.4, 0.5) is 0 Å². The smallest absolute Gasteiger partial charge is 0.0795 e. The fourth-order valence-electron chi connectivity index (χ4n) is 1.89. The maximum absolute atomic E-state index is 3.81. The van der Waals surface area contributed by atoms with Gasteiger partial charge in [-0.25, -0.2) is 0 Å². The van der Waals surface area contributed by atoms with E-state index in [2.05, 4.69) is 23.0 Å². The van der Waals surface area contributed by atoms with Crippen molar-refractivity contribution in [1.29, 1.82) is 0 Å². The first kappa shape index (κ1) is 10.6. The summed E-state index contributed by atoms with van der Waals surface area (Å²) in [7, 11) is 4.02. The van der Waals surface area contributed by atoms with E-state index in [-0.39, 0.29) is 0 Å². The average Bonchev–Trinajstić information content (AvgIpc) is 2.21. The molecule has 2 atom stereocenters. The number of fused-ring (bicyclic) bond motifs is 3. The lowest BCUT2D eigenvalue weighted by molar-refractivity contribution is 0.117. The summed E-state index contributed by atoms with van der Waals surface area (Å²) in [5.74, 6) is 0.